The van der Waals surface area contributed by atoms with Gasteiger partial charge in [-0.05, 0) is 37.6 Å². The molecule has 2 N–H and O–H groups in total. The summed E-state index contributed by atoms with van der Waals surface area (Å²) in [5.41, 5.74) is 6.19. The van der Waals surface area contributed by atoms with E-state index in [1.165, 1.54) is 0 Å². The minimum atomic E-state index is -0.541. The van der Waals surface area contributed by atoms with Crippen molar-refractivity contribution in [2.75, 3.05) is 39.3 Å². The lowest BCUT2D eigenvalue weighted by atomic mass is 10.1. The van der Waals surface area contributed by atoms with E-state index in [4.69, 9.17) is 9.57 Å². The van der Waals surface area contributed by atoms with Gasteiger partial charge in [0, 0.05) is 44.8 Å². The van der Waals surface area contributed by atoms with Gasteiger partial charge in [-0.15, -0.1) is 11.3 Å². The van der Waals surface area contributed by atoms with Crippen LogP contribution >= 0.6 is 11.3 Å². The topological polar surface area (TPSA) is 70.1 Å². The number of fused-ring (bicyclic) bond motifs is 1. The standard InChI is InChI=1S/C26H32N4O3S/c1-18-14-29(16-23-13-24(28-33-23)20-6-4-3-5-7-20)10-11-30(18)15-21(31)17-32-22-8-9-26-25(12-22)27-19(2)34-26/h3-9,12-13,18,21,23,28,31H,10-11,14-17H2,1-2H3/t18-,21?,23?/m0/s1. The number of hydroxylamine groups is 1. The molecule has 2 aliphatic heterocycles. The first-order chi connectivity index (χ1) is 16.5. The summed E-state index contributed by atoms with van der Waals surface area (Å²) >= 11 is 1.68. The van der Waals surface area contributed by atoms with Crippen LogP contribution in [0.2, 0.25) is 0 Å². The summed E-state index contributed by atoms with van der Waals surface area (Å²) in [5.74, 6) is 0.753. The molecular weight excluding hydrogens is 448 g/mol. The summed E-state index contributed by atoms with van der Waals surface area (Å²) in [4.78, 5) is 15.1. The number of nitrogens with one attached hydrogen (secondary N) is 1. The molecule has 1 aromatic heterocycles. The van der Waals surface area contributed by atoms with Crippen molar-refractivity contribution in [2.24, 2.45) is 0 Å². The molecule has 0 aliphatic carbocycles. The number of ether oxygens (including phenoxy) is 1. The van der Waals surface area contributed by atoms with E-state index in [0.717, 1.165) is 58.4 Å². The Kier molecular flexibility index (Phi) is 7.12. The second-order valence-electron chi connectivity index (χ2n) is 9.14. The zero-order chi connectivity index (χ0) is 23.5. The largest absolute Gasteiger partial charge is 0.491 e. The molecule has 180 valence electrons. The van der Waals surface area contributed by atoms with E-state index in [0.29, 0.717) is 12.6 Å². The predicted molar refractivity (Wildman–Crippen MR) is 136 cm³/mol. The SMILES string of the molecule is Cc1nc2cc(OCC(O)CN3CCN(CC4C=C(c5ccccc5)NO4)C[C@@H]3C)ccc2s1. The Morgan fingerprint density at radius 1 is 1.24 bits per heavy atom. The lowest BCUT2D eigenvalue weighted by Crippen LogP contribution is -2.55. The molecule has 0 radical (unpaired) electrons. The zero-order valence-electron chi connectivity index (χ0n) is 19.7. The van der Waals surface area contributed by atoms with Crippen LogP contribution in [-0.4, -0.2) is 77.5 Å². The van der Waals surface area contributed by atoms with Crippen LogP contribution in [0, 0.1) is 6.92 Å². The van der Waals surface area contributed by atoms with Crippen molar-refractivity contribution in [1.82, 2.24) is 20.3 Å². The van der Waals surface area contributed by atoms with E-state index in [1.807, 2.05) is 43.3 Å². The molecule has 1 saturated heterocycles. The fourth-order valence-corrected chi connectivity index (χ4v) is 5.45. The summed E-state index contributed by atoms with van der Waals surface area (Å²) in [6, 6.07) is 16.5. The van der Waals surface area contributed by atoms with E-state index in [-0.39, 0.29) is 12.7 Å². The van der Waals surface area contributed by atoms with Crippen LogP contribution in [-0.2, 0) is 4.84 Å². The van der Waals surface area contributed by atoms with Crippen LogP contribution in [0.5, 0.6) is 5.75 Å². The van der Waals surface area contributed by atoms with Crippen LogP contribution in [0.25, 0.3) is 15.9 Å². The van der Waals surface area contributed by atoms with Crippen molar-refractivity contribution in [3.05, 3.63) is 65.2 Å². The Balaban J connectivity index is 1.07. The molecule has 2 aliphatic rings. The molecule has 8 heteroatoms. The Morgan fingerprint density at radius 3 is 2.91 bits per heavy atom. The van der Waals surface area contributed by atoms with Crippen LogP contribution in [0.1, 0.15) is 17.5 Å². The molecule has 3 aromatic rings. The third-order valence-electron chi connectivity index (χ3n) is 6.40. The molecule has 0 saturated carbocycles. The Hall–Kier alpha value is -2.49. The first-order valence-electron chi connectivity index (χ1n) is 11.9. The van der Waals surface area contributed by atoms with Gasteiger partial charge in [-0.2, -0.15) is 0 Å². The van der Waals surface area contributed by atoms with Crippen LogP contribution in [0.4, 0.5) is 0 Å². The Morgan fingerprint density at radius 2 is 2.09 bits per heavy atom. The van der Waals surface area contributed by atoms with Gasteiger partial charge >= 0.3 is 0 Å². The third kappa shape index (κ3) is 5.59. The Labute approximate surface area is 204 Å². The van der Waals surface area contributed by atoms with E-state index < -0.39 is 6.10 Å². The minimum Gasteiger partial charge on any atom is -0.491 e. The van der Waals surface area contributed by atoms with E-state index in [2.05, 4.69) is 45.4 Å². The number of aromatic nitrogens is 1. The molecule has 2 aromatic carbocycles. The maximum absolute atomic E-state index is 10.6. The lowest BCUT2D eigenvalue weighted by Gasteiger charge is -2.41. The maximum Gasteiger partial charge on any atom is 0.121 e. The quantitative estimate of drug-likeness (QED) is 0.513. The first kappa shape index (κ1) is 23.3. The highest BCUT2D eigenvalue weighted by Crippen LogP contribution is 2.26. The smallest absolute Gasteiger partial charge is 0.121 e. The van der Waals surface area contributed by atoms with E-state index >= 15 is 0 Å². The molecule has 2 unspecified atom stereocenters. The number of piperazine rings is 1. The van der Waals surface area contributed by atoms with Gasteiger partial charge in [0.1, 0.15) is 24.6 Å². The monoisotopic (exact) mass is 480 g/mol. The zero-order valence-corrected chi connectivity index (χ0v) is 20.5. The van der Waals surface area contributed by atoms with Gasteiger partial charge in [-0.3, -0.25) is 20.1 Å². The highest BCUT2D eigenvalue weighted by atomic mass is 32.1. The average molecular weight is 481 g/mol. The van der Waals surface area contributed by atoms with Crippen LogP contribution in [0.15, 0.2) is 54.6 Å². The molecule has 34 heavy (non-hydrogen) atoms. The summed E-state index contributed by atoms with van der Waals surface area (Å²) in [6.07, 6.45) is 1.66. The fourth-order valence-electron chi connectivity index (χ4n) is 4.65. The van der Waals surface area contributed by atoms with Crippen molar-refractivity contribution in [1.29, 1.82) is 0 Å². The van der Waals surface area contributed by atoms with Gasteiger partial charge in [-0.1, -0.05) is 30.3 Å². The van der Waals surface area contributed by atoms with E-state index in [1.54, 1.807) is 11.3 Å². The van der Waals surface area contributed by atoms with Gasteiger partial charge in [0.15, 0.2) is 0 Å². The van der Waals surface area contributed by atoms with Gasteiger partial charge in [0.05, 0.1) is 20.9 Å². The second kappa shape index (κ2) is 10.4. The molecule has 5 rings (SSSR count). The van der Waals surface area contributed by atoms with Crippen LogP contribution < -0.4 is 10.2 Å². The van der Waals surface area contributed by atoms with Crippen molar-refractivity contribution >= 4 is 27.3 Å². The maximum atomic E-state index is 10.6. The second-order valence-corrected chi connectivity index (χ2v) is 10.4. The van der Waals surface area contributed by atoms with Gasteiger partial charge in [0.25, 0.3) is 0 Å². The number of rotatable bonds is 8. The van der Waals surface area contributed by atoms with Gasteiger partial charge in [-0.25, -0.2) is 4.98 Å². The number of benzene rings is 2. The van der Waals surface area contributed by atoms with Crippen molar-refractivity contribution < 1.29 is 14.7 Å². The number of aliphatic hydroxyl groups is 1. The Bertz CT molecular complexity index is 1140. The molecule has 0 bridgehead atoms. The molecular formula is C26H32N4O3S. The van der Waals surface area contributed by atoms with Crippen LogP contribution in [0.3, 0.4) is 0 Å². The summed E-state index contributed by atoms with van der Waals surface area (Å²) in [5, 5.41) is 11.6. The highest BCUT2D eigenvalue weighted by Gasteiger charge is 2.28. The number of hydrogen-bond donors (Lipinski definition) is 2. The average Bonchev–Trinajstić information content (AvgIpc) is 3.45. The minimum absolute atomic E-state index is 0.0341. The van der Waals surface area contributed by atoms with E-state index in [9.17, 15) is 5.11 Å². The first-order valence-corrected chi connectivity index (χ1v) is 12.7. The fraction of sp³-hybridized carbons (Fsp3) is 0.423. The normalized spacial score (nSPS) is 22.5. The third-order valence-corrected chi connectivity index (χ3v) is 7.35. The molecule has 0 spiro atoms. The van der Waals surface area contributed by atoms with Crippen molar-refractivity contribution in [2.45, 2.75) is 32.1 Å². The molecule has 1 fully saturated rings. The van der Waals surface area contributed by atoms with Gasteiger partial charge in [0.2, 0.25) is 0 Å². The highest BCUT2D eigenvalue weighted by molar-refractivity contribution is 7.18. The molecule has 7 nitrogen and oxygen atoms in total. The summed E-state index contributed by atoms with van der Waals surface area (Å²) < 4.78 is 7.02. The summed E-state index contributed by atoms with van der Waals surface area (Å²) in [7, 11) is 0. The van der Waals surface area contributed by atoms with Gasteiger partial charge < -0.3 is 9.84 Å². The predicted octanol–water partition coefficient (Wildman–Crippen LogP) is 3.30. The molecule has 0 amide bonds. The van der Waals surface area contributed by atoms with Crippen molar-refractivity contribution in [3.63, 3.8) is 0 Å². The molecule has 3 atom stereocenters. The van der Waals surface area contributed by atoms with Crippen molar-refractivity contribution in [3.8, 4) is 5.75 Å². The summed E-state index contributed by atoms with van der Waals surface area (Å²) in [6.45, 7) is 8.77. The lowest BCUT2D eigenvalue weighted by molar-refractivity contribution is -0.00741. The molecule has 3 heterocycles. The number of nitrogens with zero attached hydrogens (tertiary/aromatic N) is 3. The number of aliphatic hydroxyl groups excluding tert-OH is 1. The number of thiazole rings is 1. The number of aryl methyl sites for hydroxylation is 1. The number of β-amino-alcohol motifs (C(OH)–C–C–N with tert-alkyl or cyclic N) is 1. The number of hydrogen-bond acceptors (Lipinski definition) is 8.